The number of aryl methyl sites for hydroxylation is 1. The number of fused-ring (bicyclic) bond motifs is 3. The molecule has 0 fully saturated rings. The molecule has 2 heteroatoms. The zero-order valence-corrected chi connectivity index (χ0v) is 21.7. The van der Waals surface area contributed by atoms with Crippen molar-refractivity contribution in [3.63, 3.8) is 0 Å². The summed E-state index contributed by atoms with van der Waals surface area (Å²) >= 11 is 0. The molecule has 0 atom stereocenters. The molecule has 1 aromatic heterocycles. The van der Waals surface area contributed by atoms with Crippen LogP contribution in [0.1, 0.15) is 5.56 Å². The Morgan fingerprint density at radius 3 is 1.54 bits per heavy atom. The molecule has 0 N–H and O–H groups in total. The second kappa shape index (κ2) is 9.66. The second-order valence-corrected chi connectivity index (χ2v) is 9.94. The van der Waals surface area contributed by atoms with Gasteiger partial charge in [-0.1, -0.05) is 103 Å². The number of hydrogen-bond acceptors (Lipinski definition) is 2. The predicted molar refractivity (Wildman–Crippen MR) is 164 cm³/mol. The lowest BCUT2D eigenvalue weighted by Crippen LogP contribution is -2.09. The summed E-state index contributed by atoms with van der Waals surface area (Å²) in [6.07, 6.45) is 0. The minimum Gasteiger partial charge on any atom is -0.456 e. The number of rotatable bonds is 5. The summed E-state index contributed by atoms with van der Waals surface area (Å²) < 4.78 is 6.25. The molecule has 2 nitrogen and oxygen atoms in total. The molecule has 6 aromatic carbocycles. The molecule has 0 saturated heterocycles. The van der Waals surface area contributed by atoms with E-state index in [2.05, 4.69) is 139 Å². The SMILES string of the molecule is Cc1ccc(-c2ccc(N(c3ccc(-c4ccccc4)cc3)c3ccc4c(c3)oc3ccccc34)cc2)cc1. The normalized spacial score (nSPS) is 11.2. The van der Waals surface area contributed by atoms with Gasteiger partial charge in [0.25, 0.3) is 0 Å². The van der Waals surface area contributed by atoms with E-state index in [1.54, 1.807) is 0 Å². The molecule has 39 heavy (non-hydrogen) atoms. The van der Waals surface area contributed by atoms with Crippen LogP contribution in [0.5, 0.6) is 0 Å². The molecular formula is C37H27NO. The van der Waals surface area contributed by atoms with Gasteiger partial charge in [0.2, 0.25) is 0 Å². The fourth-order valence-corrected chi connectivity index (χ4v) is 5.28. The molecule has 7 rings (SSSR count). The van der Waals surface area contributed by atoms with Crippen molar-refractivity contribution in [2.45, 2.75) is 6.92 Å². The van der Waals surface area contributed by atoms with Crippen molar-refractivity contribution >= 4 is 39.0 Å². The van der Waals surface area contributed by atoms with E-state index in [9.17, 15) is 0 Å². The van der Waals surface area contributed by atoms with Crippen molar-refractivity contribution in [2.24, 2.45) is 0 Å². The summed E-state index contributed by atoms with van der Waals surface area (Å²) in [4.78, 5) is 2.29. The first kappa shape index (κ1) is 23.1. The van der Waals surface area contributed by atoms with Crippen LogP contribution >= 0.6 is 0 Å². The lowest BCUT2D eigenvalue weighted by molar-refractivity contribution is 0.669. The summed E-state index contributed by atoms with van der Waals surface area (Å²) in [5.74, 6) is 0. The molecule has 186 valence electrons. The minimum absolute atomic E-state index is 0.885. The van der Waals surface area contributed by atoms with Gasteiger partial charge in [-0.15, -0.1) is 0 Å². The van der Waals surface area contributed by atoms with E-state index in [4.69, 9.17) is 4.42 Å². The third kappa shape index (κ3) is 4.36. The van der Waals surface area contributed by atoms with Crippen LogP contribution in [0.4, 0.5) is 17.1 Å². The van der Waals surface area contributed by atoms with E-state index >= 15 is 0 Å². The lowest BCUT2D eigenvalue weighted by Gasteiger charge is -2.26. The van der Waals surface area contributed by atoms with Crippen LogP contribution < -0.4 is 4.90 Å². The topological polar surface area (TPSA) is 16.4 Å². The Morgan fingerprint density at radius 1 is 0.410 bits per heavy atom. The van der Waals surface area contributed by atoms with Crippen molar-refractivity contribution in [2.75, 3.05) is 4.90 Å². The molecule has 0 aliphatic carbocycles. The van der Waals surface area contributed by atoms with Gasteiger partial charge in [-0.25, -0.2) is 0 Å². The van der Waals surface area contributed by atoms with Crippen molar-refractivity contribution in [1.82, 2.24) is 0 Å². The Morgan fingerprint density at radius 2 is 0.897 bits per heavy atom. The highest BCUT2D eigenvalue weighted by molar-refractivity contribution is 6.06. The largest absolute Gasteiger partial charge is 0.456 e. The maximum Gasteiger partial charge on any atom is 0.137 e. The van der Waals surface area contributed by atoms with Crippen LogP contribution in [0.2, 0.25) is 0 Å². The first-order chi connectivity index (χ1) is 19.2. The molecule has 0 aliphatic rings. The van der Waals surface area contributed by atoms with Crippen molar-refractivity contribution in [3.8, 4) is 22.3 Å². The van der Waals surface area contributed by atoms with E-state index in [1.165, 1.54) is 27.8 Å². The van der Waals surface area contributed by atoms with Crippen LogP contribution in [-0.2, 0) is 0 Å². The minimum atomic E-state index is 0.885. The van der Waals surface area contributed by atoms with Gasteiger partial charge in [0, 0.05) is 33.9 Å². The Kier molecular flexibility index (Phi) is 5.71. The quantitative estimate of drug-likeness (QED) is 0.233. The van der Waals surface area contributed by atoms with Crippen LogP contribution in [0.3, 0.4) is 0 Å². The van der Waals surface area contributed by atoms with E-state index < -0.39 is 0 Å². The van der Waals surface area contributed by atoms with Gasteiger partial charge >= 0.3 is 0 Å². The fourth-order valence-electron chi connectivity index (χ4n) is 5.28. The fraction of sp³-hybridized carbons (Fsp3) is 0.0270. The number of furan rings is 1. The smallest absolute Gasteiger partial charge is 0.137 e. The molecule has 0 aliphatic heterocycles. The highest BCUT2D eigenvalue weighted by Gasteiger charge is 2.16. The van der Waals surface area contributed by atoms with Crippen LogP contribution in [0, 0.1) is 6.92 Å². The zero-order chi connectivity index (χ0) is 26.2. The van der Waals surface area contributed by atoms with Gasteiger partial charge in [0.15, 0.2) is 0 Å². The Bertz CT molecular complexity index is 1880. The molecule has 0 unspecified atom stereocenters. The standard InChI is InChI=1S/C37H27NO/c1-26-11-13-28(14-12-26)30-17-21-32(22-18-30)38(31-19-15-29(16-20-31)27-7-3-2-4-8-27)33-23-24-35-34-9-5-6-10-36(34)39-37(35)25-33/h2-25H,1H3. The average molecular weight is 502 g/mol. The first-order valence-corrected chi connectivity index (χ1v) is 13.3. The molecule has 0 bridgehead atoms. The van der Waals surface area contributed by atoms with E-state index in [0.29, 0.717) is 0 Å². The molecule has 0 amide bonds. The first-order valence-electron chi connectivity index (χ1n) is 13.3. The average Bonchev–Trinajstić information content (AvgIpc) is 3.37. The summed E-state index contributed by atoms with van der Waals surface area (Å²) in [7, 11) is 0. The maximum absolute atomic E-state index is 6.25. The monoisotopic (exact) mass is 501 g/mol. The van der Waals surface area contributed by atoms with Gasteiger partial charge in [0.05, 0.1) is 0 Å². The third-order valence-electron chi connectivity index (χ3n) is 7.36. The van der Waals surface area contributed by atoms with Crippen LogP contribution in [0.15, 0.2) is 150 Å². The van der Waals surface area contributed by atoms with E-state index in [0.717, 1.165) is 39.0 Å². The van der Waals surface area contributed by atoms with Crippen LogP contribution in [0.25, 0.3) is 44.2 Å². The Balaban J connectivity index is 1.33. The molecule has 1 heterocycles. The summed E-state index contributed by atoms with van der Waals surface area (Å²) in [6.45, 7) is 2.12. The third-order valence-corrected chi connectivity index (χ3v) is 7.36. The van der Waals surface area contributed by atoms with Crippen LogP contribution in [-0.4, -0.2) is 0 Å². The number of para-hydroxylation sites is 1. The van der Waals surface area contributed by atoms with Gasteiger partial charge < -0.3 is 9.32 Å². The van der Waals surface area contributed by atoms with Gasteiger partial charge in [0.1, 0.15) is 11.2 Å². The van der Waals surface area contributed by atoms with E-state index in [1.807, 2.05) is 18.2 Å². The molecule has 0 spiro atoms. The van der Waals surface area contributed by atoms with E-state index in [-0.39, 0.29) is 0 Å². The summed E-state index contributed by atoms with van der Waals surface area (Å²) in [5, 5.41) is 2.27. The van der Waals surface area contributed by atoms with Gasteiger partial charge in [-0.3, -0.25) is 0 Å². The summed E-state index contributed by atoms with van der Waals surface area (Å²) in [5.41, 5.74) is 11.1. The number of anilines is 3. The Labute approximate surface area is 228 Å². The number of hydrogen-bond donors (Lipinski definition) is 0. The molecule has 0 radical (unpaired) electrons. The summed E-state index contributed by atoms with van der Waals surface area (Å²) in [6, 6.07) is 51.5. The van der Waals surface area contributed by atoms with Gasteiger partial charge in [-0.05, 0) is 71.6 Å². The maximum atomic E-state index is 6.25. The van der Waals surface area contributed by atoms with Gasteiger partial charge in [-0.2, -0.15) is 0 Å². The molecule has 0 saturated carbocycles. The van der Waals surface area contributed by atoms with Crippen molar-refractivity contribution in [3.05, 3.63) is 151 Å². The predicted octanol–water partition coefficient (Wildman–Crippen LogP) is 10.7. The molecular weight excluding hydrogens is 474 g/mol. The number of nitrogens with zero attached hydrogens (tertiary/aromatic N) is 1. The highest BCUT2D eigenvalue weighted by atomic mass is 16.3. The van der Waals surface area contributed by atoms with Crippen molar-refractivity contribution in [1.29, 1.82) is 0 Å². The highest BCUT2D eigenvalue weighted by Crippen LogP contribution is 2.39. The lowest BCUT2D eigenvalue weighted by atomic mass is 10.0. The molecule has 7 aromatic rings. The zero-order valence-electron chi connectivity index (χ0n) is 21.7. The second-order valence-electron chi connectivity index (χ2n) is 9.94. The Hall–Kier alpha value is -5.08. The number of benzene rings is 6. The van der Waals surface area contributed by atoms with Crippen molar-refractivity contribution < 1.29 is 4.42 Å².